The van der Waals surface area contributed by atoms with Crippen molar-refractivity contribution in [3.05, 3.63) is 29.8 Å². The van der Waals surface area contributed by atoms with Gasteiger partial charge in [-0.2, -0.15) is 0 Å². The maximum absolute atomic E-state index is 11.8. The van der Waals surface area contributed by atoms with Gasteiger partial charge in [-0.15, -0.1) is 0 Å². The molecule has 0 saturated carbocycles. The fourth-order valence-electron chi connectivity index (χ4n) is 2.48. The zero-order chi connectivity index (χ0) is 16.0. The topological polar surface area (TPSA) is 38.3 Å². The number of benzene rings is 1. The van der Waals surface area contributed by atoms with Crippen LogP contribution in [-0.4, -0.2) is 19.6 Å². The van der Waals surface area contributed by atoms with Crippen molar-refractivity contribution in [3.63, 3.8) is 0 Å². The Bertz CT molecular complexity index is 400. The zero-order valence-corrected chi connectivity index (χ0v) is 14.2. The number of carbonyl (C=O) groups excluding carboxylic acids is 1. The van der Waals surface area contributed by atoms with Crippen molar-refractivity contribution in [1.29, 1.82) is 0 Å². The van der Waals surface area contributed by atoms with Crippen molar-refractivity contribution >= 4 is 5.91 Å². The van der Waals surface area contributed by atoms with Crippen LogP contribution in [0.2, 0.25) is 0 Å². The van der Waals surface area contributed by atoms with Gasteiger partial charge in [0.25, 0.3) is 0 Å². The summed E-state index contributed by atoms with van der Waals surface area (Å²) >= 11 is 0. The molecule has 0 saturated heterocycles. The van der Waals surface area contributed by atoms with Crippen LogP contribution < -0.4 is 10.1 Å². The van der Waals surface area contributed by atoms with E-state index in [1.54, 1.807) is 7.11 Å². The second-order valence-electron chi connectivity index (χ2n) is 5.85. The second-order valence-corrected chi connectivity index (χ2v) is 5.85. The van der Waals surface area contributed by atoms with Crippen LogP contribution in [0.15, 0.2) is 24.3 Å². The first-order chi connectivity index (χ1) is 10.8. The van der Waals surface area contributed by atoms with Gasteiger partial charge in [-0.3, -0.25) is 4.79 Å². The number of hydrogen-bond donors (Lipinski definition) is 1. The van der Waals surface area contributed by atoms with Gasteiger partial charge in [0.1, 0.15) is 5.75 Å². The highest BCUT2D eigenvalue weighted by molar-refractivity contribution is 5.78. The van der Waals surface area contributed by atoms with Gasteiger partial charge in [0.2, 0.25) is 5.91 Å². The highest BCUT2D eigenvalue weighted by atomic mass is 16.5. The minimum atomic E-state index is 0.105. The van der Waals surface area contributed by atoms with E-state index in [1.807, 2.05) is 24.3 Å². The molecule has 0 spiro atoms. The molecule has 3 nitrogen and oxygen atoms in total. The molecule has 0 unspecified atom stereocenters. The first-order valence-electron chi connectivity index (χ1n) is 8.66. The third-order valence-electron chi connectivity index (χ3n) is 3.88. The molecule has 0 aliphatic heterocycles. The molecule has 0 aliphatic rings. The van der Waals surface area contributed by atoms with Crippen LogP contribution in [0.5, 0.6) is 5.75 Å². The Morgan fingerprint density at radius 2 is 1.55 bits per heavy atom. The van der Waals surface area contributed by atoms with Crippen molar-refractivity contribution in [2.24, 2.45) is 0 Å². The number of ether oxygens (including phenoxy) is 1. The Morgan fingerprint density at radius 1 is 0.955 bits per heavy atom. The largest absolute Gasteiger partial charge is 0.497 e. The molecule has 124 valence electrons. The lowest BCUT2D eigenvalue weighted by Gasteiger charge is -2.06. The molecule has 3 heteroatoms. The molecular formula is C19H31NO2. The number of hydrogen-bond acceptors (Lipinski definition) is 2. The molecule has 0 atom stereocenters. The van der Waals surface area contributed by atoms with E-state index in [4.69, 9.17) is 4.74 Å². The molecule has 1 rings (SSSR count). The zero-order valence-electron chi connectivity index (χ0n) is 14.2. The number of amides is 1. The van der Waals surface area contributed by atoms with Crippen LogP contribution in [0.3, 0.4) is 0 Å². The van der Waals surface area contributed by atoms with Crippen molar-refractivity contribution in [2.45, 2.75) is 64.7 Å². The molecule has 0 radical (unpaired) electrons. The third kappa shape index (κ3) is 8.71. The molecule has 0 aromatic heterocycles. The van der Waals surface area contributed by atoms with Gasteiger partial charge in [0.15, 0.2) is 0 Å². The Morgan fingerprint density at radius 3 is 2.14 bits per heavy atom. The minimum Gasteiger partial charge on any atom is -0.497 e. The van der Waals surface area contributed by atoms with E-state index in [9.17, 15) is 4.79 Å². The van der Waals surface area contributed by atoms with Crippen LogP contribution in [0.4, 0.5) is 0 Å². The SMILES string of the molecule is CCCCCCCCCCNC(=O)Cc1ccc(OC)cc1. The van der Waals surface area contributed by atoms with Gasteiger partial charge >= 0.3 is 0 Å². The summed E-state index contributed by atoms with van der Waals surface area (Å²) in [4.78, 5) is 11.8. The van der Waals surface area contributed by atoms with Gasteiger partial charge in [-0.05, 0) is 24.1 Å². The summed E-state index contributed by atoms with van der Waals surface area (Å²) in [6.07, 6.45) is 10.8. The molecule has 0 heterocycles. The van der Waals surface area contributed by atoms with Crippen molar-refractivity contribution in [3.8, 4) is 5.75 Å². The monoisotopic (exact) mass is 305 g/mol. The van der Waals surface area contributed by atoms with Gasteiger partial charge in [-0.1, -0.05) is 64.0 Å². The molecule has 22 heavy (non-hydrogen) atoms. The van der Waals surface area contributed by atoms with Crippen LogP contribution in [0, 0.1) is 0 Å². The molecular weight excluding hydrogens is 274 g/mol. The second kappa shape index (κ2) is 12.1. The predicted octanol–water partition coefficient (Wildman–Crippen LogP) is 4.49. The number of unbranched alkanes of at least 4 members (excludes halogenated alkanes) is 7. The van der Waals surface area contributed by atoms with E-state index in [0.29, 0.717) is 6.42 Å². The van der Waals surface area contributed by atoms with E-state index < -0.39 is 0 Å². The fourth-order valence-corrected chi connectivity index (χ4v) is 2.48. The molecule has 1 aromatic rings. The predicted molar refractivity (Wildman–Crippen MR) is 92.3 cm³/mol. The molecule has 0 fully saturated rings. The van der Waals surface area contributed by atoms with Crippen molar-refractivity contribution in [1.82, 2.24) is 5.32 Å². The smallest absolute Gasteiger partial charge is 0.224 e. The van der Waals surface area contributed by atoms with E-state index in [2.05, 4.69) is 12.2 Å². The van der Waals surface area contributed by atoms with Crippen LogP contribution in [0.25, 0.3) is 0 Å². The normalized spacial score (nSPS) is 10.5. The summed E-state index contributed by atoms with van der Waals surface area (Å²) in [6, 6.07) is 7.66. The van der Waals surface area contributed by atoms with E-state index in [1.165, 1.54) is 44.9 Å². The van der Waals surface area contributed by atoms with Gasteiger partial charge in [0, 0.05) is 6.54 Å². The highest BCUT2D eigenvalue weighted by Gasteiger charge is 2.03. The van der Waals surface area contributed by atoms with E-state index >= 15 is 0 Å². The Hall–Kier alpha value is -1.51. The lowest BCUT2D eigenvalue weighted by atomic mass is 10.1. The van der Waals surface area contributed by atoms with Gasteiger partial charge in [-0.25, -0.2) is 0 Å². The molecule has 0 bridgehead atoms. The summed E-state index contributed by atoms with van der Waals surface area (Å²) in [7, 11) is 1.64. The maximum atomic E-state index is 11.8. The average molecular weight is 305 g/mol. The summed E-state index contributed by atoms with van der Waals surface area (Å²) < 4.78 is 5.11. The number of methoxy groups -OCH3 is 1. The maximum Gasteiger partial charge on any atom is 0.224 e. The lowest BCUT2D eigenvalue weighted by Crippen LogP contribution is -2.26. The third-order valence-corrected chi connectivity index (χ3v) is 3.88. The van der Waals surface area contributed by atoms with Crippen molar-refractivity contribution in [2.75, 3.05) is 13.7 Å². The fraction of sp³-hybridized carbons (Fsp3) is 0.632. The quantitative estimate of drug-likeness (QED) is 0.578. The number of nitrogens with one attached hydrogen (secondary N) is 1. The summed E-state index contributed by atoms with van der Waals surface area (Å²) in [5.74, 6) is 0.927. The molecule has 1 N–H and O–H groups in total. The molecule has 1 amide bonds. The lowest BCUT2D eigenvalue weighted by molar-refractivity contribution is -0.120. The highest BCUT2D eigenvalue weighted by Crippen LogP contribution is 2.11. The molecule has 0 aliphatic carbocycles. The standard InChI is InChI=1S/C19H31NO2/c1-3-4-5-6-7-8-9-10-15-20-19(21)16-17-11-13-18(22-2)14-12-17/h11-14H,3-10,15-16H2,1-2H3,(H,20,21). The number of rotatable bonds is 12. The first kappa shape index (κ1) is 18.5. The summed E-state index contributed by atoms with van der Waals surface area (Å²) in [5, 5.41) is 3.00. The van der Waals surface area contributed by atoms with Crippen LogP contribution in [-0.2, 0) is 11.2 Å². The minimum absolute atomic E-state index is 0.105. The average Bonchev–Trinajstić information content (AvgIpc) is 2.54. The summed E-state index contributed by atoms with van der Waals surface area (Å²) in [5.41, 5.74) is 1.02. The van der Waals surface area contributed by atoms with E-state index in [-0.39, 0.29) is 5.91 Å². The Labute approximate surface area is 135 Å². The first-order valence-corrected chi connectivity index (χ1v) is 8.66. The Kier molecular flexibility index (Phi) is 10.2. The molecule has 1 aromatic carbocycles. The number of carbonyl (C=O) groups is 1. The van der Waals surface area contributed by atoms with E-state index in [0.717, 1.165) is 24.3 Å². The van der Waals surface area contributed by atoms with Gasteiger partial charge < -0.3 is 10.1 Å². The Balaban J connectivity index is 2.01. The van der Waals surface area contributed by atoms with Crippen LogP contribution >= 0.6 is 0 Å². The summed E-state index contributed by atoms with van der Waals surface area (Å²) in [6.45, 7) is 3.04. The van der Waals surface area contributed by atoms with Gasteiger partial charge in [0.05, 0.1) is 13.5 Å². The van der Waals surface area contributed by atoms with Crippen molar-refractivity contribution < 1.29 is 9.53 Å². The van der Waals surface area contributed by atoms with Crippen LogP contribution in [0.1, 0.15) is 63.9 Å².